The van der Waals surface area contributed by atoms with Crippen LogP contribution in [-0.2, 0) is 24.0 Å². The highest BCUT2D eigenvalue weighted by Gasteiger charge is 2.55. The molecule has 0 aliphatic carbocycles. The number of carbonyl (C=O) groups is 1. The van der Waals surface area contributed by atoms with Gasteiger partial charge in [-0.15, -0.1) is 0 Å². The van der Waals surface area contributed by atoms with Crippen LogP contribution in [0.1, 0.15) is 82.1 Å². The fourth-order valence-corrected chi connectivity index (χ4v) is 11.7. The molecule has 4 saturated heterocycles. The monoisotopic (exact) mass is 1010 g/mol. The second kappa shape index (κ2) is 18.3. The summed E-state index contributed by atoms with van der Waals surface area (Å²) in [4.78, 5) is 34.4. The molecule has 5 aromatic rings. The summed E-state index contributed by atoms with van der Waals surface area (Å²) in [6.07, 6.45) is -5.30. The van der Waals surface area contributed by atoms with Gasteiger partial charge in [0.1, 0.15) is 64.1 Å². The van der Waals surface area contributed by atoms with Crippen LogP contribution in [0.5, 0.6) is 23.4 Å². The molecule has 5 aliphatic rings. The average Bonchev–Trinajstić information content (AvgIpc) is 3.94. The van der Waals surface area contributed by atoms with Crippen LogP contribution in [0.25, 0.3) is 22.2 Å². The van der Waals surface area contributed by atoms with Crippen LogP contribution in [0, 0.1) is 24.4 Å². The number of methoxy groups -OCH3 is 2. The fraction of sp³-hybridized carbons (Fsp3) is 0.500. The first-order valence-corrected chi connectivity index (χ1v) is 24.2. The number of halogens is 7. The minimum atomic E-state index is -5.44. The largest absolute Gasteiger partial charge is 0.497 e. The van der Waals surface area contributed by atoms with Gasteiger partial charge in [0.2, 0.25) is 5.88 Å². The van der Waals surface area contributed by atoms with Crippen molar-refractivity contribution in [3.63, 3.8) is 0 Å². The Hall–Kier alpha value is -6.31. The normalized spacial score (nSPS) is 23.7. The summed E-state index contributed by atoms with van der Waals surface area (Å²) in [6, 6.07) is 11.2. The van der Waals surface area contributed by atoms with Gasteiger partial charge in [0.15, 0.2) is 17.5 Å². The summed E-state index contributed by atoms with van der Waals surface area (Å²) in [5.41, 5.74) is -7.23. The first-order valence-electron chi connectivity index (χ1n) is 24.2. The third-order valence-electron chi connectivity index (χ3n) is 14.8. The third-order valence-corrected chi connectivity index (χ3v) is 14.8. The number of aromatic nitrogens is 3. The molecule has 4 fully saturated rings. The van der Waals surface area contributed by atoms with Crippen molar-refractivity contribution in [1.82, 2.24) is 24.8 Å². The van der Waals surface area contributed by atoms with E-state index >= 15 is 26.3 Å². The van der Waals surface area contributed by atoms with Crippen LogP contribution in [-0.4, -0.2) is 113 Å². The zero-order valence-electron chi connectivity index (χ0n) is 41.0. The number of fused-ring (bicyclic) bond motifs is 6. The highest BCUT2D eigenvalue weighted by atomic mass is 19.4. The maximum atomic E-state index is 18.1. The lowest BCUT2D eigenvalue weighted by Crippen LogP contribution is -2.65. The van der Waals surface area contributed by atoms with Crippen LogP contribution < -0.4 is 28.7 Å². The van der Waals surface area contributed by atoms with Crippen LogP contribution in [0.2, 0.25) is 0 Å². The lowest BCUT2D eigenvalue weighted by atomic mass is 9.94. The van der Waals surface area contributed by atoms with Crippen molar-refractivity contribution >= 4 is 28.5 Å². The van der Waals surface area contributed by atoms with Crippen molar-refractivity contribution in [2.24, 2.45) is 0 Å². The molecule has 2 bridgehead atoms. The topological polar surface area (TPSA) is 115 Å². The van der Waals surface area contributed by atoms with Crippen molar-refractivity contribution in [2.45, 2.75) is 128 Å². The van der Waals surface area contributed by atoms with Gasteiger partial charge in [0.25, 0.3) is 0 Å². The van der Waals surface area contributed by atoms with Gasteiger partial charge in [-0.05, 0) is 108 Å². The number of nitrogens with zero attached hydrogens (tertiary/aromatic N) is 7. The Morgan fingerprint density at radius 2 is 1.54 bits per heavy atom. The molecule has 0 N–H and O–H groups in total. The summed E-state index contributed by atoms with van der Waals surface area (Å²) in [5, 5.41) is -0.123. The second-order valence-electron chi connectivity index (χ2n) is 20.6. The van der Waals surface area contributed by atoms with E-state index in [-0.39, 0.29) is 56.4 Å². The number of carbonyl (C=O) groups excluding carboxylic acids is 1. The number of pyridine rings is 1. The van der Waals surface area contributed by atoms with E-state index in [2.05, 4.69) is 9.97 Å². The van der Waals surface area contributed by atoms with Gasteiger partial charge in [0.05, 0.1) is 49.0 Å². The molecule has 7 heterocycles. The van der Waals surface area contributed by atoms with Crippen molar-refractivity contribution in [2.75, 3.05) is 50.3 Å². The minimum Gasteiger partial charge on any atom is -0.497 e. The number of anilines is 2. The Morgan fingerprint density at radius 1 is 0.889 bits per heavy atom. The number of ether oxygens (including phenoxy) is 5. The molecule has 384 valence electrons. The van der Waals surface area contributed by atoms with Crippen LogP contribution in [0.3, 0.4) is 0 Å². The number of rotatable bonds is 11. The molecular formula is C52H56F7N7O6. The molecule has 5 aliphatic heterocycles. The zero-order valence-corrected chi connectivity index (χ0v) is 41.0. The molecule has 2 aromatic heterocycles. The Kier molecular flexibility index (Phi) is 12.5. The van der Waals surface area contributed by atoms with Crippen LogP contribution in [0.4, 0.5) is 47.0 Å². The standard InChI is InChI=1S/C52H56F7N7O6/c1-27-38(52(57,58)59)36(40(55)45(39(27)54)63(22-29-9-14-33(68-6)15-10-29)23-30-11-16-34(69-7)17-12-30)42-41(56)43-37-46(62-48(61-43)70-26-51-19-8-20-64(51)24-31(53)21-51)65-25-32-13-18-35(44(65)28(2)71-47(37)60-42)66(32)49(67)72-50(3,4)5/h9-12,14-17,28,31-32,35,44H,8,13,18-26H2,1-7H3/t28-,31+,32+,35-,44+,51-/m0/s1. The van der Waals surface area contributed by atoms with Crippen molar-refractivity contribution in [3.05, 3.63) is 88.2 Å². The fourth-order valence-electron chi connectivity index (χ4n) is 11.7. The van der Waals surface area contributed by atoms with Gasteiger partial charge >= 0.3 is 18.3 Å². The smallest absolute Gasteiger partial charge is 0.417 e. The second-order valence-corrected chi connectivity index (χ2v) is 20.6. The van der Waals surface area contributed by atoms with Gasteiger partial charge < -0.3 is 33.5 Å². The number of hydrogen-bond donors (Lipinski definition) is 0. The molecule has 3 aromatic carbocycles. The van der Waals surface area contributed by atoms with E-state index in [0.29, 0.717) is 48.4 Å². The molecule has 72 heavy (non-hydrogen) atoms. The van der Waals surface area contributed by atoms with Gasteiger partial charge in [0, 0.05) is 32.6 Å². The third kappa shape index (κ3) is 8.69. The van der Waals surface area contributed by atoms with E-state index in [1.807, 2.05) is 9.80 Å². The van der Waals surface area contributed by atoms with Crippen molar-refractivity contribution in [3.8, 4) is 34.6 Å². The van der Waals surface area contributed by atoms with E-state index in [0.717, 1.165) is 13.3 Å². The molecule has 6 atom stereocenters. The maximum absolute atomic E-state index is 18.1. The zero-order chi connectivity index (χ0) is 51.2. The van der Waals surface area contributed by atoms with Gasteiger partial charge in [-0.3, -0.25) is 9.80 Å². The SMILES string of the molecule is COc1ccc(CN(Cc2ccc(OC)cc2)c2c(F)c(C)c(C(F)(F)F)c(-c3nc4c5c(nc(OC[C@@]67CCCN6C[C@H](F)C7)nc5c3F)N3C[C@H]5CC[C@@H]([C@H]3[C@H](C)O4)N5C(=O)OC(C)(C)C)c2F)cc1. The Morgan fingerprint density at radius 3 is 2.15 bits per heavy atom. The number of hydrogen-bond acceptors (Lipinski definition) is 12. The summed E-state index contributed by atoms with van der Waals surface area (Å²) < 4.78 is 144. The lowest BCUT2D eigenvalue weighted by Gasteiger charge is -2.48. The Bertz CT molecular complexity index is 2860. The molecule has 0 radical (unpaired) electrons. The summed E-state index contributed by atoms with van der Waals surface area (Å²) in [6.45, 7) is 8.34. The number of benzene rings is 3. The van der Waals surface area contributed by atoms with E-state index in [1.165, 1.54) is 19.1 Å². The first-order chi connectivity index (χ1) is 34.2. The van der Waals surface area contributed by atoms with E-state index < -0.39 is 111 Å². The highest BCUT2D eigenvalue weighted by molar-refractivity contribution is 5.98. The molecular weight excluding hydrogens is 952 g/mol. The molecule has 0 unspecified atom stereocenters. The first kappa shape index (κ1) is 49.3. The molecule has 0 spiro atoms. The molecule has 1 amide bonds. The summed E-state index contributed by atoms with van der Waals surface area (Å²) >= 11 is 0. The van der Waals surface area contributed by atoms with Gasteiger partial charge in [-0.2, -0.15) is 23.1 Å². The van der Waals surface area contributed by atoms with E-state index in [1.54, 1.807) is 81.1 Å². The van der Waals surface area contributed by atoms with Crippen LogP contribution in [0.15, 0.2) is 48.5 Å². The Labute approximate surface area is 412 Å². The van der Waals surface area contributed by atoms with E-state index in [4.69, 9.17) is 28.7 Å². The van der Waals surface area contributed by atoms with E-state index in [9.17, 15) is 9.18 Å². The van der Waals surface area contributed by atoms with Crippen molar-refractivity contribution < 1.29 is 59.2 Å². The van der Waals surface area contributed by atoms with Gasteiger partial charge in [-0.1, -0.05) is 24.3 Å². The predicted molar refractivity (Wildman–Crippen MR) is 253 cm³/mol. The summed E-state index contributed by atoms with van der Waals surface area (Å²) in [7, 11) is 2.94. The van der Waals surface area contributed by atoms with Gasteiger partial charge in [-0.25, -0.2) is 27.3 Å². The molecule has 10 rings (SSSR count). The van der Waals surface area contributed by atoms with Crippen molar-refractivity contribution in [1.29, 1.82) is 0 Å². The van der Waals surface area contributed by atoms with Crippen LogP contribution >= 0.6 is 0 Å². The average molecular weight is 1010 g/mol. The number of piperazine rings is 1. The summed E-state index contributed by atoms with van der Waals surface area (Å²) in [5.74, 6) is -4.07. The number of amides is 1. The minimum absolute atomic E-state index is 0.0752. The molecule has 13 nitrogen and oxygen atoms in total. The Balaban J connectivity index is 1.17. The highest BCUT2D eigenvalue weighted by Crippen LogP contribution is 2.51. The predicted octanol–water partition coefficient (Wildman–Crippen LogP) is 10.4. The maximum Gasteiger partial charge on any atom is 0.417 e. The quantitative estimate of drug-likeness (QED) is 0.117. The molecule has 20 heteroatoms. The lowest BCUT2D eigenvalue weighted by molar-refractivity contribution is -0.137. The number of alkyl halides is 4. The molecule has 0 saturated carbocycles.